The van der Waals surface area contributed by atoms with Crippen molar-refractivity contribution in [3.63, 3.8) is 0 Å². The molecular formula is C20H30N2O4. The Hall–Kier alpha value is -2.08. The van der Waals surface area contributed by atoms with E-state index in [9.17, 15) is 9.59 Å². The number of hydrogen-bond acceptors (Lipinski definition) is 4. The summed E-state index contributed by atoms with van der Waals surface area (Å²) in [5.74, 6) is 0.871. The normalized spacial score (nSPS) is 20.5. The van der Waals surface area contributed by atoms with E-state index in [1.165, 1.54) is 0 Å². The molecule has 2 unspecified atom stereocenters. The van der Waals surface area contributed by atoms with Crippen LogP contribution in [0.25, 0.3) is 0 Å². The van der Waals surface area contributed by atoms with Crippen LogP contribution in [0.5, 0.6) is 5.75 Å². The predicted molar refractivity (Wildman–Crippen MR) is 100 cm³/mol. The zero-order valence-corrected chi connectivity index (χ0v) is 16.0. The molecule has 1 aliphatic rings. The van der Waals surface area contributed by atoms with Gasteiger partial charge in [0.1, 0.15) is 5.75 Å². The molecule has 1 heterocycles. The Labute approximate surface area is 155 Å². The van der Waals surface area contributed by atoms with Gasteiger partial charge in [0, 0.05) is 25.5 Å². The van der Waals surface area contributed by atoms with Gasteiger partial charge in [0.25, 0.3) is 0 Å². The highest BCUT2D eigenvalue weighted by Gasteiger charge is 2.37. The third-order valence-electron chi connectivity index (χ3n) is 4.99. The molecule has 0 aromatic heterocycles. The van der Waals surface area contributed by atoms with Crippen molar-refractivity contribution in [1.29, 1.82) is 0 Å². The molecule has 2 N–H and O–H groups in total. The third-order valence-corrected chi connectivity index (χ3v) is 4.99. The molecule has 0 spiro atoms. The van der Waals surface area contributed by atoms with Gasteiger partial charge in [-0.15, -0.1) is 0 Å². The van der Waals surface area contributed by atoms with Crippen molar-refractivity contribution in [3.05, 3.63) is 29.8 Å². The van der Waals surface area contributed by atoms with Crippen LogP contribution in [0.3, 0.4) is 0 Å². The van der Waals surface area contributed by atoms with Crippen LogP contribution in [-0.4, -0.2) is 44.2 Å². The van der Waals surface area contributed by atoms with E-state index in [4.69, 9.17) is 9.47 Å². The molecule has 1 saturated heterocycles. The lowest BCUT2D eigenvalue weighted by Crippen LogP contribution is -2.45. The van der Waals surface area contributed by atoms with Gasteiger partial charge in [-0.1, -0.05) is 19.1 Å². The number of benzene rings is 1. The summed E-state index contributed by atoms with van der Waals surface area (Å²) < 4.78 is 10.3. The Morgan fingerprint density at radius 3 is 2.58 bits per heavy atom. The Balaban J connectivity index is 1.97. The maximum atomic E-state index is 12.3. The smallest absolute Gasteiger partial charge is 0.220 e. The molecule has 6 heteroatoms. The third kappa shape index (κ3) is 5.73. The summed E-state index contributed by atoms with van der Waals surface area (Å²) in [6, 6.07) is 7.89. The summed E-state index contributed by atoms with van der Waals surface area (Å²) in [6.45, 7) is 2.53. The minimum absolute atomic E-state index is 0.00385. The van der Waals surface area contributed by atoms with Crippen LogP contribution in [0, 0.1) is 0 Å². The molecule has 0 bridgehead atoms. The maximum absolute atomic E-state index is 12.3. The predicted octanol–water partition coefficient (Wildman–Crippen LogP) is 2.21. The van der Waals surface area contributed by atoms with Crippen molar-refractivity contribution in [2.45, 2.75) is 57.0 Å². The van der Waals surface area contributed by atoms with E-state index in [2.05, 4.69) is 10.6 Å². The number of methoxy groups -OCH3 is 2. The Kier molecular flexibility index (Phi) is 7.45. The monoisotopic (exact) mass is 362 g/mol. The number of rotatable bonds is 10. The highest BCUT2D eigenvalue weighted by molar-refractivity contribution is 5.80. The van der Waals surface area contributed by atoms with Crippen molar-refractivity contribution < 1.29 is 19.1 Å². The van der Waals surface area contributed by atoms with E-state index >= 15 is 0 Å². The van der Waals surface area contributed by atoms with Gasteiger partial charge in [-0.3, -0.25) is 9.59 Å². The van der Waals surface area contributed by atoms with Crippen molar-refractivity contribution in [2.75, 3.05) is 20.8 Å². The average Bonchev–Trinajstić information content (AvgIpc) is 3.01. The van der Waals surface area contributed by atoms with E-state index in [1.807, 2.05) is 31.2 Å². The van der Waals surface area contributed by atoms with Crippen molar-refractivity contribution in [3.8, 4) is 5.75 Å². The topological polar surface area (TPSA) is 76.7 Å². The van der Waals surface area contributed by atoms with Crippen LogP contribution in [-0.2, 0) is 20.7 Å². The van der Waals surface area contributed by atoms with E-state index in [0.717, 1.165) is 24.2 Å². The highest BCUT2D eigenvalue weighted by atomic mass is 16.5. The lowest BCUT2D eigenvalue weighted by molar-refractivity contribution is -0.123. The summed E-state index contributed by atoms with van der Waals surface area (Å²) in [7, 11) is 3.27. The van der Waals surface area contributed by atoms with Crippen LogP contribution in [0.15, 0.2) is 24.3 Å². The number of hydrogen-bond donors (Lipinski definition) is 2. The van der Waals surface area contributed by atoms with Crippen molar-refractivity contribution in [1.82, 2.24) is 10.6 Å². The molecule has 2 rings (SSSR count). The number of nitrogens with one attached hydrogen (secondary N) is 2. The highest BCUT2D eigenvalue weighted by Crippen LogP contribution is 2.30. The number of carbonyl (C=O) groups excluding carboxylic acids is 2. The molecule has 144 valence electrons. The van der Waals surface area contributed by atoms with Crippen molar-refractivity contribution >= 4 is 11.8 Å². The fraction of sp³-hybridized carbons (Fsp3) is 0.600. The fourth-order valence-corrected chi connectivity index (χ4v) is 3.43. The first-order chi connectivity index (χ1) is 12.5. The number of carbonyl (C=O) groups is 2. The van der Waals surface area contributed by atoms with Crippen LogP contribution in [0.2, 0.25) is 0 Å². The van der Waals surface area contributed by atoms with E-state index in [1.54, 1.807) is 14.2 Å². The molecule has 1 fully saturated rings. The standard InChI is InChI=1S/C20H30N2O4/c1-4-16(14-25-2)21-18(23)9-11-20(12-10-19(24)22-20)13-15-5-7-17(26-3)8-6-15/h5-8,16H,4,9-14H2,1-3H3,(H,21,23)(H,22,24). The van der Waals surface area contributed by atoms with Gasteiger partial charge in [0.15, 0.2) is 0 Å². The average molecular weight is 362 g/mol. The largest absolute Gasteiger partial charge is 0.497 e. The molecule has 1 aromatic rings. The first-order valence-corrected chi connectivity index (χ1v) is 9.22. The van der Waals surface area contributed by atoms with Crippen LogP contribution in [0.1, 0.15) is 44.6 Å². The summed E-state index contributed by atoms with van der Waals surface area (Å²) in [5, 5.41) is 6.12. The molecular weight excluding hydrogens is 332 g/mol. The molecule has 6 nitrogen and oxygen atoms in total. The SMILES string of the molecule is CCC(COC)NC(=O)CCC1(Cc2ccc(OC)cc2)CCC(=O)N1. The van der Waals surface area contributed by atoms with Gasteiger partial charge in [0.2, 0.25) is 11.8 Å². The van der Waals surface area contributed by atoms with Crippen LogP contribution < -0.4 is 15.4 Å². The van der Waals surface area contributed by atoms with Crippen LogP contribution >= 0.6 is 0 Å². The molecule has 0 saturated carbocycles. The second-order valence-corrected chi connectivity index (χ2v) is 6.98. The molecule has 0 aliphatic carbocycles. The summed E-state index contributed by atoms with van der Waals surface area (Å²) in [4.78, 5) is 24.2. The van der Waals surface area contributed by atoms with Gasteiger partial charge in [0.05, 0.1) is 19.8 Å². The molecule has 2 amide bonds. The van der Waals surface area contributed by atoms with E-state index < -0.39 is 0 Å². The number of amides is 2. The molecule has 26 heavy (non-hydrogen) atoms. The first kappa shape index (κ1) is 20.2. The molecule has 1 aromatic carbocycles. The van der Waals surface area contributed by atoms with Crippen LogP contribution in [0.4, 0.5) is 0 Å². The van der Waals surface area contributed by atoms with E-state index in [-0.39, 0.29) is 23.4 Å². The minimum atomic E-state index is -0.355. The Morgan fingerprint density at radius 2 is 2.04 bits per heavy atom. The second kappa shape index (κ2) is 9.57. The lowest BCUT2D eigenvalue weighted by atomic mass is 9.85. The van der Waals surface area contributed by atoms with Gasteiger partial charge in [-0.2, -0.15) is 0 Å². The Bertz CT molecular complexity index is 602. The van der Waals surface area contributed by atoms with Gasteiger partial charge < -0.3 is 20.1 Å². The van der Waals surface area contributed by atoms with Gasteiger partial charge in [-0.05, 0) is 43.4 Å². The zero-order valence-electron chi connectivity index (χ0n) is 16.0. The van der Waals surface area contributed by atoms with Gasteiger partial charge >= 0.3 is 0 Å². The summed E-state index contributed by atoms with van der Waals surface area (Å²) in [5.41, 5.74) is 0.769. The molecule has 0 radical (unpaired) electrons. The number of ether oxygens (including phenoxy) is 2. The van der Waals surface area contributed by atoms with Crippen molar-refractivity contribution in [2.24, 2.45) is 0 Å². The zero-order chi connectivity index (χ0) is 19.0. The maximum Gasteiger partial charge on any atom is 0.220 e. The molecule has 2 atom stereocenters. The summed E-state index contributed by atoms with van der Waals surface area (Å²) in [6.07, 6.45) is 3.81. The minimum Gasteiger partial charge on any atom is -0.497 e. The quantitative estimate of drug-likeness (QED) is 0.669. The first-order valence-electron chi connectivity index (χ1n) is 9.22. The molecule has 1 aliphatic heterocycles. The second-order valence-electron chi connectivity index (χ2n) is 6.98. The van der Waals surface area contributed by atoms with Gasteiger partial charge in [-0.25, -0.2) is 0 Å². The summed E-state index contributed by atoms with van der Waals surface area (Å²) >= 11 is 0. The van der Waals surface area contributed by atoms with E-state index in [0.29, 0.717) is 32.3 Å². The lowest BCUT2D eigenvalue weighted by Gasteiger charge is -2.29. The fourth-order valence-electron chi connectivity index (χ4n) is 3.43. The Morgan fingerprint density at radius 1 is 1.31 bits per heavy atom.